The molecule has 1 aromatic rings. The van der Waals surface area contributed by atoms with E-state index in [0.717, 1.165) is 31.6 Å². The van der Waals surface area contributed by atoms with Crippen LogP contribution in [-0.2, 0) is 6.42 Å². The largest absolute Gasteiger partial charge is 0.497 e. The first-order chi connectivity index (χ1) is 8.28. The highest BCUT2D eigenvalue weighted by molar-refractivity contribution is 5.27. The smallest absolute Gasteiger partial charge is 0.118 e. The van der Waals surface area contributed by atoms with Crippen molar-refractivity contribution >= 4 is 0 Å². The Morgan fingerprint density at radius 2 is 2.00 bits per heavy atom. The Morgan fingerprint density at radius 1 is 1.29 bits per heavy atom. The molecule has 3 heteroatoms. The van der Waals surface area contributed by atoms with Crippen LogP contribution in [0.15, 0.2) is 24.3 Å². The molecule has 0 unspecified atom stereocenters. The summed E-state index contributed by atoms with van der Waals surface area (Å²) in [4.78, 5) is 0. The quantitative estimate of drug-likeness (QED) is 0.789. The van der Waals surface area contributed by atoms with E-state index in [1.807, 2.05) is 12.1 Å². The minimum atomic E-state index is 0.0203. The van der Waals surface area contributed by atoms with Gasteiger partial charge in [0.2, 0.25) is 0 Å². The van der Waals surface area contributed by atoms with Crippen LogP contribution in [0.25, 0.3) is 0 Å². The Kier molecular flexibility index (Phi) is 4.02. The number of benzene rings is 1. The molecule has 0 aromatic heterocycles. The fraction of sp³-hybridized carbons (Fsp3) is 0.571. The molecule has 2 N–H and O–H groups in total. The van der Waals surface area contributed by atoms with Crippen molar-refractivity contribution in [3.8, 4) is 5.75 Å². The third kappa shape index (κ3) is 2.99. The van der Waals surface area contributed by atoms with Gasteiger partial charge in [0.05, 0.1) is 13.7 Å². The van der Waals surface area contributed by atoms with Crippen LogP contribution in [0.2, 0.25) is 0 Å². The van der Waals surface area contributed by atoms with Crippen molar-refractivity contribution in [1.29, 1.82) is 0 Å². The number of hydrogen-bond acceptors (Lipinski definition) is 3. The molecule has 17 heavy (non-hydrogen) atoms. The zero-order chi connectivity index (χ0) is 12.1. The van der Waals surface area contributed by atoms with Gasteiger partial charge >= 0.3 is 0 Å². The van der Waals surface area contributed by atoms with E-state index in [0.29, 0.717) is 0 Å². The van der Waals surface area contributed by atoms with E-state index in [9.17, 15) is 5.11 Å². The monoisotopic (exact) mass is 235 g/mol. The summed E-state index contributed by atoms with van der Waals surface area (Å²) in [5.74, 6) is 0.896. The lowest BCUT2D eigenvalue weighted by Crippen LogP contribution is -2.54. The predicted molar refractivity (Wildman–Crippen MR) is 68.4 cm³/mol. The van der Waals surface area contributed by atoms with Gasteiger partial charge in [-0.2, -0.15) is 0 Å². The van der Waals surface area contributed by atoms with E-state index in [-0.39, 0.29) is 12.1 Å². The fourth-order valence-electron chi connectivity index (χ4n) is 2.26. The topological polar surface area (TPSA) is 41.5 Å². The summed E-state index contributed by atoms with van der Waals surface area (Å²) in [6.45, 7) is 1.18. The molecule has 1 aliphatic rings. The number of methoxy groups -OCH3 is 1. The number of hydrogen-bond donors (Lipinski definition) is 2. The van der Waals surface area contributed by atoms with E-state index in [4.69, 9.17) is 4.74 Å². The van der Waals surface area contributed by atoms with Crippen molar-refractivity contribution < 1.29 is 9.84 Å². The van der Waals surface area contributed by atoms with E-state index in [2.05, 4.69) is 17.4 Å². The number of aliphatic hydroxyl groups excluding tert-OH is 1. The maximum atomic E-state index is 9.32. The number of rotatable bonds is 6. The van der Waals surface area contributed by atoms with Crippen LogP contribution in [-0.4, -0.2) is 30.9 Å². The molecule has 2 rings (SSSR count). The summed E-state index contributed by atoms with van der Waals surface area (Å²) in [7, 11) is 1.68. The molecule has 0 spiro atoms. The van der Waals surface area contributed by atoms with Crippen LogP contribution >= 0.6 is 0 Å². The van der Waals surface area contributed by atoms with Crippen molar-refractivity contribution in [3.63, 3.8) is 0 Å². The Balaban J connectivity index is 1.77. The molecule has 0 atom stereocenters. The van der Waals surface area contributed by atoms with Gasteiger partial charge in [-0.3, -0.25) is 0 Å². The molecule has 3 nitrogen and oxygen atoms in total. The maximum absolute atomic E-state index is 9.32. The highest BCUT2D eigenvalue weighted by Gasteiger charge is 2.35. The summed E-state index contributed by atoms with van der Waals surface area (Å²) in [6, 6.07) is 8.15. The molecular formula is C14H21NO2. The Bertz CT molecular complexity index is 338. The molecule has 1 saturated carbocycles. The van der Waals surface area contributed by atoms with Crippen LogP contribution in [0.4, 0.5) is 0 Å². The molecule has 0 aliphatic heterocycles. The van der Waals surface area contributed by atoms with Crippen molar-refractivity contribution in [3.05, 3.63) is 29.8 Å². The summed E-state index contributed by atoms with van der Waals surface area (Å²) < 4.78 is 5.12. The van der Waals surface area contributed by atoms with Gasteiger partial charge in [-0.15, -0.1) is 0 Å². The summed E-state index contributed by atoms with van der Waals surface area (Å²) in [5, 5.41) is 12.8. The highest BCUT2D eigenvalue weighted by Crippen LogP contribution is 2.30. The number of aliphatic hydroxyl groups is 1. The van der Waals surface area contributed by atoms with Crippen molar-refractivity contribution in [1.82, 2.24) is 5.32 Å². The van der Waals surface area contributed by atoms with Crippen molar-refractivity contribution in [2.75, 3.05) is 20.3 Å². The first-order valence-electron chi connectivity index (χ1n) is 6.27. The first-order valence-corrected chi connectivity index (χ1v) is 6.27. The minimum Gasteiger partial charge on any atom is -0.497 e. The predicted octanol–water partition coefficient (Wildman–Crippen LogP) is 1.74. The van der Waals surface area contributed by atoms with Gasteiger partial charge < -0.3 is 15.2 Å². The van der Waals surface area contributed by atoms with Crippen LogP contribution in [0.5, 0.6) is 5.75 Å². The average Bonchev–Trinajstić information content (AvgIpc) is 2.33. The first kappa shape index (κ1) is 12.4. The Hall–Kier alpha value is -1.06. The van der Waals surface area contributed by atoms with E-state index >= 15 is 0 Å². The van der Waals surface area contributed by atoms with Gasteiger partial charge in [0, 0.05) is 5.54 Å². The number of ether oxygens (including phenoxy) is 1. The molecule has 0 bridgehead atoms. The second kappa shape index (κ2) is 5.52. The summed E-state index contributed by atoms with van der Waals surface area (Å²) >= 11 is 0. The van der Waals surface area contributed by atoms with E-state index < -0.39 is 0 Å². The standard InChI is InChI=1S/C14H21NO2/c1-17-13-5-3-12(4-6-13)7-10-15-14(11-16)8-2-9-14/h3-6,15-16H,2,7-11H2,1H3. The molecule has 1 aliphatic carbocycles. The lowest BCUT2D eigenvalue weighted by atomic mass is 9.77. The lowest BCUT2D eigenvalue weighted by Gasteiger charge is -2.41. The SMILES string of the molecule is COc1ccc(CCNC2(CO)CCC2)cc1. The van der Waals surface area contributed by atoms with Gasteiger partial charge in [-0.05, 0) is 49.9 Å². The Morgan fingerprint density at radius 3 is 2.47 bits per heavy atom. The highest BCUT2D eigenvalue weighted by atomic mass is 16.5. The average molecular weight is 235 g/mol. The van der Waals surface area contributed by atoms with Gasteiger partial charge in [0.15, 0.2) is 0 Å². The Labute approximate surface area is 103 Å². The van der Waals surface area contributed by atoms with Crippen LogP contribution in [0.1, 0.15) is 24.8 Å². The van der Waals surface area contributed by atoms with Gasteiger partial charge in [-0.1, -0.05) is 12.1 Å². The molecule has 0 amide bonds. The van der Waals surface area contributed by atoms with Crippen LogP contribution in [0.3, 0.4) is 0 Å². The van der Waals surface area contributed by atoms with Gasteiger partial charge in [0.25, 0.3) is 0 Å². The molecule has 0 saturated heterocycles. The van der Waals surface area contributed by atoms with Gasteiger partial charge in [-0.25, -0.2) is 0 Å². The summed E-state index contributed by atoms with van der Waals surface area (Å²) in [6.07, 6.45) is 4.43. The zero-order valence-electron chi connectivity index (χ0n) is 10.4. The molecule has 0 heterocycles. The van der Waals surface area contributed by atoms with Crippen molar-refractivity contribution in [2.45, 2.75) is 31.2 Å². The second-order valence-electron chi connectivity index (χ2n) is 4.82. The normalized spacial score (nSPS) is 17.5. The van der Waals surface area contributed by atoms with Crippen LogP contribution < -0.4 is 10.1 Å². The maximum Gasteiger partial charge on any atom is 0.118 e. The van der Waals surface area contributed by atoms with E-state index in [1.165, 1.54) is 12.0 Å². The molecular weight excluding hydrogens is 214 g/mol. The van der Waals surface area contributed by atoms with Gasteiger partial charge in [0.1, 0.15) is 5.75 Å². The second-order valence-corrected chi connectivity index (χ2v) is 4.82. The van der Waals surface area contributed by atoms with Crippen LogP contribution in [0, 0.1) is 0 Å². The lowest BCUT2D eigenvalue weighted by molar-refractivity contribution is 0.0895. The number of nitrogens with one attached hydrogen (secondary N) is 1. The van der Waals surface area contributed by atoms with Crippen molar-refractivity contribution in [2.24, 2.45) is 0 Å². The third-order valence-corrected chi connectivity index (χ3v) is 3.69. The zero-order valence-corrected chi connectivity index (χ0v) is 10.4. The molecule has 94 valence electrons. The minimum absolute atomic E-state index is 0.0203. The third-order valence-electron chi connectivity index (χ3n) is 3.69. The molecule has 1 aromatic carbocycles. The van der Waals surface area contributed by atoms with E-state index in [1.54, 1.807) is 7.11 Å². The fourth-order valence-corrected chi connectivity index (χ4v) is 2.26. The summed E-state index contributed by atoms with van der Waals surface area (Å²) in [5.41, 5.74) is 1.32. The molecule has 1 fully saturated rings. The molecule has 0 radical (unpaired) electrons.